The van der Waals surface area contributed by atoms with Crippen molar-refractivity contribution in [3.63, 3.8) is 0 Å². The van der Waals surface area contributed by atoms with Crippen LogP contribution in [0.4, 0.5) is 5.82 Å². The van der Waals surface area contributed by atoms with Gasteiger partial charge in [0.2, 0.25) is 0 Å². The number of fused-ring (bicyclic) bond motifs is 1. The molecule has 1 aliphatic rings. The zero-order chi connectivity index (χ0) is 11.0. The third kappa shape index (κ3) is 2.04. The highest BCUT2D eigenvalue weighted by Gasteiger charge is 2.20. The second-order valence-electron chi connectivity index (χ2n) is 4.26. The van der Waals surface area contributed by atoms with Gasteiger partial charge in [0.1, 0.15) is 6.33 Å². The lowest BCUT2D eigenvalue weighted by molar-refractivity contribution is 0.330. The fourth-order valence-corrected chi connectivity index (χ4v) is 2.35. The molecule has 0 radical (unpaired) electrons. The summed E-state index contributed by atoms with van der Waals surface area (Å²) in [6, 6.07) is 0.424. The van der Waals surface area contributed by atoms with Gasteiger partial charge in [-0.05, 0) is 12.8 Å². The second-order valence-corrected chi connectivity index (χ2v) is 4.26. The lowest BCUT2D eigenvalue weighted by Crippen LogP contribution is -2.14. The van der Waals surface area contributed by atoms with Gasteiger partial charge in [-0.25, -0.2) is 14.6 Å². The van der Waals surface area contributed by atoms with Crippen molar-refractivity contribution in [2.24, 2.45) is 0 Å². The number of hydrogen-bond donors (Lipinski definition) is 1. The summed E-state index contributed by atoms with van der Waals surface area (Å²) in [5.74, 6) is 0.409. The zero-order valence-corrected chi connectivity index (χ0v) is 10.2. The van der Waals surface area contributed by atoms with E-state index < -0.39 is 0 Å². The summed E-state index contributed by atoms with van der Waals surface area (Å²) in [6.45, 7) is 0. The Morgan fingerprint density at radius 3 is 2.71 bits per heavy atom. The number of nitrogens with two attached hydrogens (primary N) is 1. The van der Waals surface area contributed by atoms with Gasteiger partial charge in [0.25, 0.3) is 0 Å². The third-order valence-electron chi connectivity index (χ3n) is 3.21. The molecule has 0 saturated heterocycles. The molecular formula is C10H15ClN6. The molecule has 0 unspecified atom stereocenters. The molecule has 1 fully saturated rings. The predicted molar refractivity (Wildman–Crippen MR) is 66.9 cm³/mol. The first-order chi connectivity index (χ1) is 7.86. The molecule has 0 bridgehead atoms. The molecule has 7 heteroatoms. The van der Waals surface area contributed by atoms with E-state index in [4.69, 9.17) is 5.73 Å². The van der Waals surface area contributed by atoms with Gasteiger partial charge in [-0.3, -0.25) is 0 Å². The van der Waals surface area contributed by atoms with Gasteiger partial charge in [-0.15, -0.1) is 17.5 Å². The Balaban J connectivity index is 0.00000108. The van der Waals surface area contributed by atoms with Crippen molar-refractivity contribution >= 4 is 29.4 Å². The summed E-state index contributed by atoms with van der Waals surface area (Å²) < 4.78 is 1.91. The van der Waals surface area contributed by atoms with Gasteiger partial charge in [0.05, 0.1) is 6.04 Å². The number of halogens is 1. The standard InChI is InChI=1S/C10H14N6.ClH/c11-9-8-10(13-6-12-9)16(15-14-8)7-4-2-1-3-5-7;/h6-7H,1-5H2,(H2,11,12,13);1H. The highest BCUT2D eigenvalue weighted by Crippen LogP contribution is 2.29. The van der Waals surface area contributed by atoms with Crippen LogP contribution in [0.3, 0.4) is 0 Å². The Bertz CT molecular complexity index is 504. The summed E-state index contributed by atoms with van der Waals surface area (Å²) in [5, 5.41) is 8.22. The Morgan fingerprint density at radius 1 is 1.18 bits per heavy atom. The lowest BCUT2D eigenvalue weighted by Gasteiger charge is -2.21. The molecule has 2 N–H and O–H groups in total. The number of nitrogens with zero attached hydrogens (tertiary/aromatic N) is 5. The van der Waals surface area contributed by atoms with Crippen molar-refractivity contribution in [2.75, 3.05) is 5.73 Å². The van der Waals surface area contributed by atoms with Crippen molar-refractivity contribution in [1.29, 1.82) is 0 Å². The Kier molecular flexibility index (Phi) is 3.42. The molecule has 6 nitrogen and oxygen atoms in total. The van der Waals surface area contributed by atoms with Crippen LogP contribution in [0.1, 0.15) is 38.1 Å². The smallest absolute Gasteiger partial charge is 0.184 e. The molecule has 1 saturated carbocycles. The quantitative estimate of drug-likeness (QED) is 0.838. The molecule has 0 spiro atoms. The molecule has 0 amide bonds. The van der Waals surface area contributed by atoms with Gasteiger partial charge >= 0.3 is 0 Å². The van der Waals surface area contributed by atoms with E-state index in [1.54, 1.807) is 0 Å². The van der Waals surface area contributed by atoms with Gasteiger partial charge in [0.15, 0.2) is 17.0 Å². The predicted octanol–water partition coefficient (Wildman–Crippen LogP) is 1.73. The van der Waals surface area contributed by atoms with E-state index in [1.807, 2.05) is 4.68 Å². The molecule has 17 heavy (non-hydrogen) atoms. The molecule has 2 heterocycles. The number of hydrogen-bond acceptors (Lipinski definition) is 5. The molecular weight excluding hydrogens is 240 g/mol. The number of nitrogen functional groups attached to an aromatic ring is 1. The van der Waals surface area contributed by atoms with E-state index in [2.05, 4.69) is 20.3 Å². The molecule has 0 aliphatic heterocycles. The number of aromatic nitrogens is 5. The SMILES string of the molecule is Cl.Nc1ncnc2c1nnn2C1CCCCC1. The van der Waals surface area contributed by atoms with Crippen molar-refractivity contribution in [3.8, 4) is 0 Å². The highest BCUT2D eigenvalue weighted by molar-refractivity contribution is 5.85. The van der Waals surface area contributed by atoms with Crippen LogP contribution >= 0.6 is 12.4 Å². The first-order valence-electron chi connectivity index (χ1n) is 5.67. The van der Waals surface area contributed by atoms with E-state index >= 15 is 0 Å². The maximum absolute atomic E-state index is 5.73. The lowest BCUT2D eigenvalue weighted by atomic mass is 9.96. The van der Waals surface area contributed by atoms with Crippen LogP contribution in [-0.2, 0) is 0 Å². The van der Waals surface area contributed by atoms with Crippen LogP contribution in [0.15, 0.2) is 6.33 Å². The second kappa shape index (κ2) is 4.83. The topological polar surface area (TPSA) is 82.5 Å². The third-order valence-corrected chi connectivity index (χ3v) is 3.21. The first-order valence-corrected chi connectivity index (χ1v) is 5.67. The molecule has 1 aliphatic carbocycles. The van der Waals surface area contributed by atoms with Gasteiger partial charge in [-0.1, -0.05) is 24.5 Å². The van der Waals surface area contributed by atoms with Crippen LogP contribution in [0.5, 0.6) is 0 Å². The zero-order valence-electron chi connectivity index (χ0n) is 9.41. The molecule has 0 aromatic carbocycles. The Hall–Kier alpha value is -1.43. The molecule has 2 aromatic heterocycles. The van der Waals surface area contributed by atoms with Gasteiger partial charge < -0.3 is 5.73 Å². The molecule has 3 rings (SSSR count). The van der Waals surface area contributed by atoms with E-state index in [0.29, 0.717) is 17.4 Å². The van der Waals surface area contributed by atoms with Crippen LogP contribution in [0.2, 0.25) is 0 Å². The summed E-state index contributed by atoms with van der Waals surface area (Å²) in [4.78, 5) is 8.14. The van der Waals surface area contributed by atoms with Gasteiger partial charge in [0, 0.05) is 0 Å². The van der Waals surface area contributed by atoms with Crippen molar-refractivity contribution < 1.29 is 0 Å². The minimum atomic E-state index is 0. The average Bonchev–Trinajstić information content (AvgIpc) is 2.75. The van der Waals surface area contributed by atoms with E-state index in [0.717, 1.165) is 18.5 Å². The van der Waals surface area contributed by atoms with Crippen LogP contribution in [-0.4, -0.2) is 25.0 Å². The van der Waals surface area contributed by atoms with E-state index in [9.17, 15) is 0 Å². The minimum absolute atomic E-state index is 0. The monoisotopic (exact) mass is 254 g/mol. The summed E-state index contributed by atoms with van der Waals surface area (Å²) in [7, 11) is 0. The number of rotatable bonds is 1. The summed E-state index contributed by atoms with van der Waals surface area (Å²) in [5.41, 5.74) is 7.11. The van der Waals surface area contributed by atoms with Crippen LogP contribution in [0.25, 0.3) is 11.2 Å². The summed E-state index contributed by atoms with van der Waals surface area (Å²) in [6.07, 6.45) is 7.62. The summed E-state index contributed by atoms with van der Waals surface area (Å²) >= 11 is 0. The fraction of sp³-hybridized carbons (Fsp3) is 0.600. The Morgan fingerprint density at radius 2 is 1.94 bits per heavy atom. The molecule has 92 valence electrons. The van der Waals surface area contributed by atoms with Crippen molar-refractivity contribution in [3.05, 3.63) is 6.33 Å². The Labute approximate surface area is 105 Å². The van der Waals surface area contributed by atoms with E-state index in [1.165, 1.54) is 25.6 Å². The number of anilines is 1. The van der Waals surface area contributed by atoms with E-state index in [-0.39, 0.29) is 12.4 Å². The van der Waals surface area contributed by atoms with Gasteiger partial charge in [-0.2, -0.15) is 0 Å². The fourth-order valence-electron chi connectivity index (χ4n) is 2.35. The maximum Gasteiger partial charge on any atom is 0.184 e. The molecule has 2 aromatic rings. The maximum atomic E-state index is 5.73. The van der Waals surface area contributed by atoms with Crippen LogP contribution in [0, 0.1) is 0 Å². The average molecular weight is 255 g/mol. The van der Waals surface area contributed by atoms with Crippen LogP contribution < -0.4 is 5.73 Å². The first kappa shape index (κ1) is 12.0. The normalized spacial score (nSPS) is 16.9. The van der Waals surface area contributed by atoms with Crippen molar-refractivity contribution in [1.82, 2.24) is 25.0 Å². The minimum Gasteiger partial charge on any atom is -0.382 e. The largest absolute Gasteiger partial charge is 0.382 e. The molecule has 0 atom stereocenters. The van der Waals surface area contributed by atoms with Crippen molar-refractivity contribution in [2.45, 2.75) is 38.1 Å². The highest BCUT2D eigenvalue weighted by atomic mass is 35.5.